The first-order chi connectivity index (χ1) is 10.1. The zero-order valence-corrected chi connectivity index (χ0v) is 12.1. The monoisotopic (exact) mass is 302 g/mol. The smallest absolute Gasteiger partial charge is 0.256 e. The van der Waals surface area contributed by atoms with E-state index in [1.807, 2.05) is 11.0 Å². The first-order valence-electron chi connectivity index (χ1n) is 6.83. The van der Waals surface area contributed by atoms with Crippen molar-refractivity contribution in [3.05, 3.63) is 58.9 Å². The van der Waals surface area contributed by atoms with Gasteiger partial charge in [0.05, 0.1) is 10.6 Å². The number of carbonyl (C=O) groups is 1. The number of nitrogens with zero attached hydrogens (tertiary/aromatic N) is 2. The van der Waals surface area contributed by atoms with Crippen LogP contribution in [0.1, 0.15) is 28.8 Å². The lowest BCUT2D eigenvalue weighted by atomic mass is 10.1. The summed E-state index contributed by atoms with van der Waals surface area (Å²) >= 11 is 6.07. The average molecular weight is 303 g/mol. The number of pyridine rings is 1. The number of phenolic OH excluding ortho intramolecular Hbond substituents is 1. The van der Waals surface area contributed by atoms with Gasteiger partial charge in [0.25, 0.3) is 5.91 Å². The van der Waals surface area contributed by atoms with Gasteiger partial charge in [-0.3, -0.25) is 9.78 Å². The highest BCUT2D eigenvalue weighted by Crippen LogP contribution is 2.31. The van der Waals surface area contributed by atoms with Crippen LogP contribution in [0.5, 0.6) is 5.75 Å². The fourth-order valence-electron chi connectivity index (χ4n) is 2.31. The number of aromatic nitrogens is 1. The van der Waals surface area contributed by atoms with Crippen molar-refractivity contribution in [2.45, 2.75) is 25.4 Å². The third kappa shape index (κ3) is 3.16. The molecule has 1 aromatic carbocycles. The topological polar surface area (TPSA) is 53.4 Å². The van der Waals surface area contributed by atoms with Gasteiger partial charge in [-0.25, -0.2) is 0 Å². The van der Waals surface area contributed by atoms with Gasteiger partial charge in [-0.1, -0.05) is 23.7 Å². The van der Waals surface area contributed by atoms with Crippen LogP contribution in [0, 0.1) is 0 Å². The summed E-state index contributed by atoms with van der Waals surface area (Å²) in [4.78, 5) is 18.4. The molecule has 1 aliphatic carbocycles. The van der Waals surface area contributed by atoms with Crippen molar-refractivity contribution >= 4 is 17.5 Å². The van der Waals surface area contributed by atoms with Gasteiger partial charge in [-0.15, -0.1) is 0 Å². The van der Waals surface area contributed by atoms with Crippen molar-refractivity contribution in [1.82, 2.24) is 9.88 Å². The lowest BCUT2D eigenvalue weighted by molar-refractivity contribution is 0.0730. The molecule has 0 unspecified atom stereocenters. The molecule has 0 saturated heterocycles. The Hall–Kier alpha value is -2.07. The zero-order chi connectivity index (χ0) is 14.8. The molecule has 2 aromatic rings. The molecule has 4 nitrogen and oxygen atoms in total. The van der Waals surface area contributed by atoms with Gasteiger partial charge in [0, 0.05) is 25.0 Å². The molecule has 0 bridgehead atoms. The summed E-state index contributed by atoms with van der Waals surface area (Å²) in [5.74, 6) is 0.117. The summed E-state index contributed by atoms with van der Waals surface area (Å²) in [5, 5.41) is 9.91. The number of aromatic hydroxyl groups is 1. The van der Waals surface area contributed by atoms with Crippen LogP contribution in [0.4, 0.5) is 0 Å². The summed E-state index contributed by atoms with van der Waals surface area (Å²) in [5.41, 5.74) is 1.37. The van der Waals surface area contributed by atoms with E-state index in [1.54, 1.807) is 30.5 Å². The van der Waals surface area contributed by atoms with E-state index < -0.39 is 0 Å². The van der Waals surface area contributed by atoms with Gasteiger partial charge < -0.3 is 10.0 Å². The summed E-state index contributed by atoms with van der Waals surface area (Å²) in [7, 11) is 0. The van der Waals surface area contributed by atoms with Crippen molar-refractivity contribution < 1.29 is 9.90 Å². The fourth-order valence-corrected chi connectivity index (χ4v) is 2.51. The van der Waals surface area contributed by atoms with Crippen LogP contribution in [0.15, 0.2) is 42.7 Å². The number of amides is 1. The van der Waals surface area contributed by atoms with Crippen molar-refractivity contribution in [3.8, 4) is 5.75 Å². The molecule has 1 N–H and O–H groups in total. The Morgan fingerprint density at radius 2 is 2.19 bits per heavy atom. The van der Waals surface area contributed by atoms with Crippen LogP contribution in [-0.2, 0) is 6.54 Å². The molecule has 3 rings (SSSR count). The van der Waals surface area contributed by atoms with Crippen LogP contribution >= 0.6 is 11.6 Å². The largest absolute Gasteiger partial charge is 0.508 e. The van der Waals surface area contributed by atoms with Gasteiger partial charge in [0.1, 0.15) is 5.75 Å². The predicted octanol–water partition coefficient (Wildman–Crippen LogP) is 3.25. The van der Waals surface area contributed by atoms with Gasteiger partial charge in [0.2, 0.25) is 0 Å². The molecule has 1 aromatic heterocycles. The van der Waals surface area contributed by atoms with E-state index in [0.717, 1.165) is 18.4 Å². The van der Waals surface area contributed by atoms with E-state index in [-0.39, 0.29) is 17.7 Å². The van der Waals surface area contributed by atoms with Gasteiger partial charge in [-0.2, -0.15) is 0 Å². The van der Waals surface area contributed by atoms with Gasteiger partial charge in [0.15, 0.2) is 0 Å². The minimum Gasteiger partial charge on any atom is -0.508 e. The maximum Gasteiger partial charge on any atom is 0.256 e. The minimum atomic E-state index is -0.0896. The molecule has 1 aliphatic rings. The minimum absolute atomic E-state index is 0.0896. The molecule has 0 aliphatic heterocycles. The molecule has 1 fully saturated rings. The van der Waals surface area contributed by atoms with Crippen LogP contribution in [0.2, 0.25) is 5.02 Å². The number of phenols is 1. The van der Waals surface area contributed by atoms with Crippen LogP contribution < -0.4 is 0 Å². The maximum atomic E-state index is 12.7. The van der Waals surface area contributed by atoms with E-state index in [2.05, 4.69) is 4.98 Å². The molecule has 5 heteroatoms. The molecular weight excluding hydrogens is 288 g/mol. The van der Waals surface area contributed by atoms with Crippen molar-refractivity contribution in [3.63, 3.8) is 0 Å². The number of hydrogen-bond acceptors (Lipinski definition) is 3. The Labute approximate surface area is 128 Å². The Morgan fingerprint density at radius 3 is 2.86 bits per heavy atom. The normalized spacial score (nSPS) is 14.0. The Bertz CT molecular complexity index is 671. The molecular formula is C16H15ClN2O2. The van der Waals surface area contributed by atoms with E-state index >= 15 is 0 Å². The van der Waals surface area contributed by atoms with E-state index in [9.17, 15) is 9.90 Å². The van der Waals surface area contributed by atoms with Gasteiger partial charge >= 0.3 is 0 Å². The fraction of sp³-hybridized carbons (Fsp3) is 0.250. The van der Waals surface area contributed by atoms with Crippen molar-refractivity contribution in [2.75, 3.05) is 0 Å². The summed E-state index contributed by atoms with van der Waals surface area (Å²) in [6.45, 7) is 0.469. The molecule has 1 saturated carbocycles. The highest BCUT2D eigenvalue weighted by Gasteiger charge is 2.33. The number of carbonyl (C=O) groups excluding carboxylic acids is 1. The lowest BCUT2D eigenvalue weighted by Crippen LogP contribution is -2.32. The molecule has 0 radical (unpaired) electrons. The number of rotatable bonds is 4. The molecule has 1 amide bonds. The second kappa shape index (κ2) is 5.74. The third-order valence-corrected chi connectivity index (χ3v) is 3.82. The Kier molecular flexibility index (Phi) is 3.80. The second-order valence-electron chi connectivity index (χ2n) is 5.19. The van der Waals surface area contributed by atoms with E-state index in [4.69, 9.17) is 11.6 Å². The second-order valence-corrected chi connectivity index (χ2v) is 5.60. The Morgan fingerprint density at radius 1 is 1.38 bits per heavy atom. The lowest BCUT2D eigenvalue weighted by Gasteiger charge is -2.23. The van der Waals surface area contributed by atoms with E-state index in [0.29, 0.717) is 17.1 Å². The first kappa shape index (κ1) is 13.9. The Balaban J connectivity index is 1.85. The first-order valence-corrected chi connectivity index (χ1v) is 7.21. The quantitative estimate of drug-likeness (QED) is 0.943. The summed E-state index contributed by atoms with van der Waals surface area (Å²) in [6.07, 6.45) is 5.06. The number of halogens is 1. The van der Waals surface area contributed by atoms with Crippen LogP contribution in [-0.4, -0.2) is 26.9 Å². The number of hydrogen-bond donors (Lipinski definition) is 1. The molecule has 1 heterocycles. The average Bonchev–Trinajstić information content (AvgIpc) is 3.29. The third-order valence-electron chi connectivity index (χ3n) is 3.51. The highest BCUT2D eigenvalue weighted by atomic mass is 35.5. The summed E-state index contributed by atoms with van der Waals surface area (Å²) in [6, 6.07) is 8.87. The molecule has 108 valence electrons. The SMILES string of the molecule is O=C(c1ccncc1Cl)N(Cc1cccc(O)c1)C1CC1. The standard InChI is InChI=1S/C16H15ClN2O2/c17-15-9-18-7-6-14(15)16(21)19(12-4-5-12)10-11-2-1-3-13(20)8-11/h1-3,6-9,12,20H,4-5,10H2. The maximum absolute atomic E-state index is 12.7. The van der Waals surface area contributed by atoms with Crippen LogP contribution in [0.3, 0.4) is 0 Å². The molecule has 0 spiro atoms. The predicted molar refractivity (Wildman–Crippen MR) is 80.2 cm³/mol. The zero-order valence-electron chi connectivity index (χ0n) is 11.4. The van der Waals surface area contributed by atoms with Crippen molar-refractivity contribution in [2.24, 2.45) is 0 Å². The van der Waals surface area contributed by atoms with Gasteiger partial charge in [-0.05, 0) is 36.6 Å². The molecule has 0 atom stereocenters. The number of benzene rings is 1. The highest BCUT2D eigenvalue weighted by molar-refractivity contribution is 6.33. The van der Waals surface area contributed by atoms with E-state index in [1.165, 1.54) is 6.20 Å². The summed E-state index contributed by atoms with van der Waals surface area (Å²) < 4.78 is 0. The molecule has 21 heavy (non-hydrogen) atoms. The van der Waals surface area contributed by atoms with Crippen molar-refractivity contribution in [1.29, 1.82) is 0 Å². The van der Waals surface area contributed by atoms with Crippen LogP contribution in [0.25, 0.3) is 0 Å².